The van der Waals surface area contributed by atoms with Gasteiger partial charge in [0.25, 0.3) is 0 Å². The van der Waals surface area contributed by atoms with Gasteiger partial charge in [-0.25, -0.2) is 4.99 Å². The van der Waals surface area contributed by atoms with Crippen LogP contribution in [0.1, 0.15) is 37.5 Å². The SMILES string of the molecule is C=Nc1[nH]c2c3c(c4ccccc4c2c1/C=C\C)C(C)(C)c1ccccc1O3. The molecule has 0 bridgehead atoms. The molecule has 5 rings (SSSR count). The number of allylic oxidation sites excluding steroid dienone is 1. The van der Waals surface area contributed by atoms with Gasteiger partial charge in [0, 0.05) is 27.5 Å². The lowest BCUT2D eigenvalue weighted by Gasteiger charge is -2.35. The second kappa shape index (κ2) is 5.83. The topological polar surface area (TPSA) is 37.4 Å². The normalized spacial score (nSPS) is 14.8. The van der Waals surface area contributed by atoms with Crippen molar-refractivity contribution in [1.82, 2.24) is 4.98 Å². The number of hydrogen-bond donors (Lipinski definition) is 1. The molecule has 0 atom stereocenters. The molecule has 0 spiro atoms. The summed E-state index contributed by atoms with van der Waals surface area (Å²) in [4.78, 5) is 7.73. The maximum absolute atomic E-state index is 6.51. The molecule has 1 aliphatic rings. The van der Waals surface area contributed by atoms with Crippen LogP contribution in [0.15, 0.2) is 59.6 Å². The lowest BCUT2D eigenvalue weighted by molar-refractivity contribution is 0.424. The molecule has 1 aromatic heterocycles. The van der Waals surface area contributed by atoms with Crippen molar-refractivity contribution in [1.29, 1.82) is 0 Å². The number of ether oxygens (including phenoxy) is 1. The fourth-order valence-electron chi connectivity index (χ4n) is 4.61. The molecular weight excluding hydrogens is 344 g/mol. The zero-order valence-corrected chi connectivity index (χ0v) is 16.3. The van der Waals surface area contributed by atoms with Crippen molar-refractivity contribution in [3.8, 4) is 11.5 Å². The molecule has 1 aliphatic heterocycles. The number of aromatic nitrogens is 1. The van der Waals surface area contributed by atoms with Crippen molar-refractivity contribution in [3.63, 3.8) is 0 Å². The first kappa shape index (κ1) is 16.8. The Morgan fingerprint density at radius 1 is 1.04 bits per heavy atom. The number of hydrogen-bond acceptors (Lipinski definition) is 2. The van der Waals surface area contributed by atoms with Gasteiger partial charge in [0.05, 0.1) is 5.52 Å². The van der Waals surface area contributed by atoms with E-state index in [-0.39, 0.29) is 5.41 Å². The van der Waals surface area contributed by atoms with Gasteiger partial charge in [0.1, 0.15) is 11.6 Å². The first-order chi connectivity index (χ1) is 13.6. The van der Waals surface area contributed by atoms with Gasteiger partial charge in [0.15, 0.2) is 5.75 Å². The number of benzene rings is 3. The quantitative estimate of drug-likeness (QED) is 0.377. The second-order valence-corrected chi connectivity index (χ2v) is 7.77. The van der Waals surface area contributed by atoms with E-state index < -0.39 is 0 Å². The van der Waals surface area contributed by atoms with Crippen LogP contribution < -0.4 is 4.74 Å². The lowest BCUT2D eigenvalue weighted by Crippen LogP contribution is -2.24. The van der Waals surface area contributed by atoms with Crippen LogP contribution in [0.2, 0.25) is 0 Å². The van der Waals surface area contributed by atoms with E-state index in [1.54, 1.807) is 0 Å². The molecule has 0 amide bonds. The number of rotatable bonds is 2. The van der Waals surface area contributed by atoms with Crippen molar-refractivity contribution in [3.05, 3.63) is 71.3 Å². The first-order valence-electron chi connectivity index (χ1n) is 9.55. The highest BCUT2D eigenvalue weighted by Gasteiger charge is 2.37. The Bertz CT molecular complexity index is 1290. The molecule has 28 heavy (non-hydrogen) atoms. The maximum atomic E-state index is 6.51. The lowest BCUT2D eigenvalue weighted by atomic mass is 9.73. The number of nitrogens with one attached hydrogen (secondary N) is 1. The highest BCUT2D eigenvalue weighted by molar-refractivity contribution is 6.17. The molecule has 2 heterocycles. The summed E-state index contributed by atoms with van der Waals surface area (Å²) in [5.41, 5.74) is 4.25. The Labute approximate surface area is 164 Å². The van der Waals surface area contributed by atoms with E-state index in [9.17, 15) is 0 Å². The monoisotopic (exact) mass is 366 g/mol. The van der Waals surface area contributed by atoms with E-state index >= 15 is 0 Å². The maximum Gasteiger partial charge on any atom is 0.156 e. The summed E-state index contributed by atoms with van der Waals surface area (Å²) in [6.45, 7) is 10.3. The number of H-pyrrole nitrogens is 1. The van der Waals surface area contributed by atoms with E-state index in [1.807, 2.05) is 25.1 Å². The number of nitrogens with zero attached hydrogens (tertiary/aromatic N) is 1. The van der Waals surface area contributed by atoms with Crippen molar-refractivity contribution >= 4 is 40.3 Å². The molecule has 0 saturated carbocycles. The van der Waals surface area contributed by atoms with Crippen LogP contribution in [0.5, 0.6) is 11.5 Å². The highest BCUT2D eigenvalue weighted by Crippen LogP contribution is 2.54. The van der Waals surface area contributed by atoms with Crippen LogP contribution in [0.25, 0.3) is 27.8 Å². The average molecular weight is 366 g/mol. The molecule has 0 aliphatic carbocycles. The molecule has 3 heteroatoms. The van der Waals surface area contributed by atoms with Gasteiger partial charge in [-0.1, -0.05) is 68.5 Å². The summed E-state index contributed by atoms with van der Waals surface area (Å²) in [7, 11) is 0. The zero-order valence-electron chi connectivity index (χ0n) is 16.3. The largest absolute Gasteiger partial charge is 0.454 e. The predicted molar refractivity (Wildman–Crippen MR) is 118 cm³/mol. The fourth-order valence-corrected chi connectivity index (χ4v) is 4.61. The first-order valence-corrected chi connectivity index (χ1v) is 9.55. The van der Waals surface area contributed by atoms with Crippen LogP contribution in [0.3, 0.4) is 0 Å². The standard InChI is InChI=1S/C25H22N2O/c1-5-10-17-20-15-11-6-7-12-16(15)21-23(22(20)27-24(17)26-4)28-19-14-9-8-13-18(19)25(21,2)3/h5-14,27H,4H2,1-3H3/b10-5-. The molecule has 3 nitrogen and oxygen atoms in total. The van der Waals surface area contributed by atoms with Crippen molar-refractivity contribution in [2.24, 2.45) is 4.99 Å². The van der Waals surface area contributed by atoms with Gasteiger partial charge in [-0.05, 0) is 30.5 Å². The number of fused-ring (bicyclic) bond motifs is 7. The van der Waals surface area contributed by atoms with Gasteiger partial charge in [0.2, 0.25) is 0 Å². The fraction of sp³-hybridized carbons (Fsp3) is 0.160. The van der Waals surface area contributed by atoms with Gasteiger partial charge in [-0.15, -0.1) is 0 Å². The van der Waals surface area contributed by atoms with Crippen LogP contribution in [-0.4, -0.2) is 11.7 Å². The average Bonchev–Trinajstić information content (AvgIpc) is 3.07. The Kier molecular flexibility index (Phi) is 3.50. The third kappa shape index (κ3) is 2.07. The third-order valence-corrected chi connectivity index (χ3v) is 5.83. The molecular formula is C25H22N2O. The van der Waals surface area contributed by atoms with E-state index in [0.29, 0.717) is 0 Å². The van der Waals surface area contributed by atoms with Crippen molar-refractivity contribution in [2.45, 2.75) is 26.2 Å². The van der Waals surface area contributed by atoms with Crippen LogP contribution in [-0.2, 0) is 5.41 Å². The van der Waals surface area contributed by atoms with Gasteiger partial charge in [-0.2, -0.15) is 0 Å². The molecule has 0 saturated heterocycles. The number of aromatic amines is 1. The minimum atomic E-state index is -0.189. The summed E-state index contributed by atoms with van der Waals surface area (Å²) in [6, 6.07) is 16.9. The van der Waals surface area contributed by atoms with E-state index in [2.05, 4.69) is 73.0 Å². The Morgan fingerprint density at radius 2 is 1.75 bits per heavy atom. The predicted octanol–water partition coefficient (Wildman–Crippen LogP) is 7.12. The highest BCUT2D eigenvalue weighted by atomic mass is 16.5. The molecule has 0 unspecified atom stereocenters. The number of para-hydroxylation sites is 1. The third-order valence-electron chi connectivity index (χ3n) is 5.83. The Hall–Kier alpha value is -3.33. The number of aliphatic imine (C=N–C) groups is 1. The van der Waals surface area contributed by atoms with Crippen molar-refractivity contribution in [2.75, 3.05) is 0 Å². The molecule has 4 aromatic rings. The summed E-state index contributed by atoms with van der Waals surface area (Å²) < 4.78 is 6.51. The van der Waals surface area contributed by atoms with Gasteiger partial charge >= 0.3 is 0 Å². The van der Waals surface area contributed by atoms with E-state index in [1.165, 1.54) is 21.9 Å². The zero-order chi connectivity index (χ0) is 19.5. The van der Waals surface area contributed by atoms with Crippen molar-refractivity contribution < 1.29 is 4.74 Å². The summed E-state index contributed by atoms with van der Waals surface area (Å²) in [5.74, 6) is 2.57. The Morgan fingerprint density at radius 3 is 2.50 bits per heavy atom. The summed E-state index contributed by atoms with van der Waals surface area (Å²) in [5, 5.41) is 3.54. The van der Waals surface area contributed by atoms with Gasteiger partial charge in [-0.3, -0.25) is 0 Å². The van der Waals surface area contributed by atoms with E-state index in [0.717, 1.165) is 33.8 Å². The minimum absolute atomic E-state index is 0.189. The molecule has 0 fully saturated rings. The summed E-state index contributed by atoms with van der Waals surface area (Å²) in [6.07, 6.45) is 4.12. The molecule has 1 N–H and O–H groups in total. The molecule has 0 radical (unpaired) electrons. The van der Waals surface area contributed by atoms with E-state index in [4.69, 9.17) is 4.74 Å². The Balaban J connectivity index is 2.03. The summed E-state index contributed by atoms with van der Waals surface area (Å²) >= 11 is 0. The molecule has 3 aromatic carbocycles. The minimum Gasteiger partial charge on any atom is -0.454 e. The second-order valence-electron chi connectivity index (χ2n) is 7.77. The molecule has 138 valence electrons. The van der Waals surface area contributed by atoms with Crippen LogP contribution >= 0.6 is 0 Å². The van der Waals surface area contributed by atoms with Crippen LogP contribution in [0, 0.1) is 0 Å². The smallest absolute Gasteiger partial charge is 0.156 e. The van der Waals surface area contributed by atoms with Gasteiger partial charge < -0.3 is 9.72 Å². The van der Waals surface area contributed by atoms with Crippen LogP contribution in [0.4, 0.5) is 5.82 Å².